The third-order valence-electron chi connectivity index (χ3n) is 3.72. The number of hydrazone groups is 1. The molecule has 0 aliphatic heterocycles. The summed E-state index contributed by atoms with van der Waals surface area (Å²) in [6.07, 6.45) is 1.41. The van der Waals surface area contributed by atoms with E-state index in [0.29, 0.717) is 17.1 Å². The second kappa shape index (κ2) is 8.37. The molecule has 2 heterocycles. The van der Waals surface area contributed by atoms with Crippen LogP contribution in [0.2, 0.25) is 0 Å². The van der Waals surface area contributed by atoms with Gasteiger partial charge in [-0.3, -0.25) is 4.79 Å². The third kappa shape index (κ3) is 4.47. The summed E-state index contributed by atoms with van der Waals surface area (Å²) in [6.45, 7) is 0. The number of fused-ring (bicyclic) bond motifs is 1. The van der Waals surface area contributed by atoms with Gasteiger partial charge in [0.2, 0.25) is 0 Å². The Morgan fingerprint density at radius 3 is 2.96 bits per heavy atom. The van der Waals surface area contributed by atoms with Gasteiger partial charge in [-0.15, -0.1) is 11.3 Å². The van der Waals surface area contributed by atoms with Gasteiger partial charge in [0, 0.05) is 5.56 Å². The molecule has 2 aromatic carbocycles. The molecule has 8 heteroatoms. The van der Waals surface area contributed by atoms with Gasteiger partial charge in [0.05, 0.1) is 22.2 Å². The minimum atomic E-state index is -0.331. The van der Waals surface area contributed by atoms with Crippen LogP contribution in [0.5, 0.6) is 0 Å². The molecule has 0 aliphatic carbocycles. The number of benzene rings is 2. The van der Waals surface area contributed by atoms with Crippen LogP contribution in [-0.4, -0.2) is 22.9 Å². The lowest BCUT2D eigenvalue weighted by Crippen LogP contribution is -2.19. The van der Waals surface area contributed by atoms with Gasteiger partial charge in [0.15, 0.2) is 4.34 Å². The van der Waals surface area contributed by atoms with Gasteiger partial charge < -0.3 is 4.42 Å². The Morgan fingerprint density at radius 1 is 1.21 bits per heavy atom. The van der Waals surface area contributed by atoms with Crippen molar-refractivity contribution in [3.05, 3.63) is 72.2 Å². The maximum Gasteiger partial charge on any atom is 0.250 e. The first-order valence-corrected chi connectivity index (χ1v) is 10.1. The summed E-state index contributed by atoms with van der Waals surface area (Å²) in [5.41, 5.74) is 4.03. The van der Waals surface area contributed by atoms with Gasteiger partial charge in [-0.2, -0.15) is 5.10 Å². The number of carbonyl (C=O) groups excluding carboxylic acids is 1. The topological polar surface area (TPSA) is 67.5 Å². The number of furan rings is 1. The Bertz CT molecular complexity index is 1120. The maximum absolute atomic E-state index is 13.3. The second-order valence-electron chi connectivity index (χ2n) is 5.74. The van der Waals surface area contributed by atoms with Crippen LogP contribution >= 0.6 is 23.1 Å². The zero-order valence-electron chi connectivity index (χ0n) is 14.5. The molecule has 140 valence electrons. The highest BCUT2D eigenvalue weighted by molar-refractivity contribution is 8.01. The molecule has 0 saturated carbocycles. The summed E-state index contributed by atoms with van der Waals surface area (Å²) in [6, 6.07) is 17.4. The van der Waals surface area contributed by atoms with E-state index in [1.165, 1.54) is 30.1 Å². The fraction of sp³-hybridized carbons (Fsp3) is 0.0500. The van der Waals surface area contributed by atoms with Gasteiger partial charge in [-0.05, 0) is 36.4 Å². The van der Waals surface area contributed by atoms with Gasteiger partial charge in [0.1, 0.15) is 17.3 Å². The number of amides is 1. The average molecular weight is 411 g/mol. The Morgan fingerprint density at radius 2 is 2.11 bits per heavy atom. The molecule has 4 aromatic rings. The standard InChI is InChI=1S/C20H14FN3O2S2/c21-14-5-3-4-13(10-14)17-9-8-15(26-17)11-22-24-19(25)12-27-20-23-16-6-1-2-7-18(16)28-20/h1-11H,12H2,(H,24,25)/b22-11+. The van der Waals surface area contributed by atoms with Crippen molar-refractivity contribution in [2.24, 2.45) is 5.10 Å². The highest BCUT2D eigenvalue weighted by atomic mass is 32.2. The highest BCUT2D eigenvalue weighted by Crippen LogP contribution is 2.29. The number of nitrogens with one attached hydrogen (secondary N) is 1. The molecule has 1 amide bonds. The van der Waals surface area contributed by atoms with Crippen LogP contribution in [0.4, 0.5) is 4.39 Å². The third-order valence-corrected chi connectivity index (χ3v) is 5.90. The monoisotopic (exact) mass is 411 g/mol. The van der Waals surface area contributed by atoms with Crippen LogP contribution in [0, 0.1) is 5.82 Å². The molecule has 1 N–H and O–H groups in total. The first kappa shape index (κ1) is 18.4. The van der Waals surface area contributed by atoms with Crippen molar-refractivity contribution in [1.29, 1.82) is 0 Å². The first-order valence-electron chi connectivity index (χ1n) is 8.33. The number of rotatable bonds is 6. The lowest BCUT2D eigenvalue weighted by atomic mass is 10.2. The Hall–Kier alpha value is -2.97. The zero-order valence-corrected chi connectivity index (χ0v) is 16.1. The van der Waals surface area contributed by atoms with Crippen LogP contribution in [0.25, 0.3) is 21.5 Å². The minimum absolute atomic E-state index is 0.212. The highest BCUT2D eigenvalue weighted by Gasteiger charge is 2.07. The molecule has 28 heavy (non-hydrogen) atoms. The lowest BCUT2D eigenvalue weighted by Gasteiger charge is -1.97. The van der Waals surface area contributed by atoms with Crippen molar-refractivity contribution in [2.45, 2.75) is 4.34 Å². The van der Waals surface area contributed by atoms with Gasteiger partial charge in [-0.1, -0.05) is 36.0 Å². The number of hydrogen-bond donors (Lipinski definition) is 1. The van der Waals surface area contributed by atoms with Crippen molar-refractivity contribution < 1.29 is 13.6 Å². The molecule has 0 atom stereocenters. The average Bonchev–Trinajstić information content (AvgIpc) is 3.33. The van der Waals surface area contributed by atoms with Crippen LogP contribution in [-0.2, 0) is 4.79 Å². The number of para-hydroxylation sites is 1. The normalized spacial score (nSPS) is 11.3. The largest absolute Gasteiger partial charge is 0.455 e. The minimum Gasteiger partial charge on any atom is -0.455 e. The van der Waals surface area contributed by atoms with Gasteiger partial charge in [0.25, 0.3) is 5.91 Å². The summed E-state index contributed by atoms with van der Waals surface area (Å²) in [5.74, 6) is 0.626. The number of thioether (sulfide) groups is 1. The van der Waals surface area contributed by atoms with Crippen LogP contribution in [0.15, 0.2) is 74.5 Å². The number of aromatic nitrogens is 1. The molecule has 5 nitrogen and oxygen atoms in total. The van der Waals surface area contributed by atoms with E-state index in [9.17, 15) is 9.18 Å². The Labute approximate surface area is 168 Å². The number of nitrogens with zero attached hydrogens (tertiary/aromatic N) is 2. The van der Waals surface area contributed by atoms with E-state index in [-0.39, 0.29) is 17.5 Å². The molecule has 0 fully saturated rings. The number of carbonyl (C=O) groups is 1. The number of thiazole rings is 1. The second-order valence-corrected chi connectivity index (χ2v) is 7.99. The van der Waals surface area contributed by atoms with E-state index in [4.69, 9.17) is 4.42 Å². The number of hydrogen-bond acceptors (Lipinski definition) is 6. The smallest absolute Gasteiger partial charge is 0.250 e. The molecule has 0 spiro atoms. The van der Waals surface area contributed by atoms with Crippen molar-refractivity contribution in [3.8, 4) is 11.3 Å². The lowest BCUT2D eigenvalue weighted by molar-refractivity contribution is -0.118. The fourth-order valence-electron chi connectivity index (χ4n) is 2.46. The molecule has 0 radical (unpaired) electrons. The molecular weight excluding hydrogens is 397 g/mol. The van der Waals surface area contributed by atoms with Crippen molar-refractivity contribution >= 4 is 45.4 Å². The maximum atomic E-state index is 13.3. The summed E-state index contributed by atoms with van der Waals surface area (Å²) in [5, 5.41) is 3.90. The van der Waals surface area contributed by atoms with Crippen molar-refractivity contribution in [2.75, 3.05) is 5.75 Å². The predicted octanol–water partition coefficient (Wildman–Crippen LogP) is 4.94. The van der Waals surface area contributed by atoms with E-state index in [1.54, 1.807) is 35.6 Å². The number of halogens is 1. The molecule has 0 aliphatic rings. The zero-order chi connectivity index (χ0) is 19.3. The van der Waals surface area contributed by atoms with E-state index in [0.717, 1.165) is 14.6 Å². The van der Waals surface area contributed by atoms with Gasteiger partial charge >= 0.3 is 0 Å². The molecule has 0 saturated heterocycles. The Kier molecular flexibility index (Phi) is 5.50. The predicted molar refractivity (Wildman–Crippen MR) is 110 cm³/mol. The van der Waals surface area contributed by atoms with E-state index >= 15 is 0 Å². The quantitative estimate of drug-likeness (QED) is 0.277. The van der Waals surface area contributed by atoms with E-state index < -0.39 is 0 Å². The van der Waals surface area contributed by atoms with E-state index in [1.807, 2.05) is 24.3 Å². The van der Waals surface area contributed by atoms with Crippen molar-refractivity contribution in [3.63, 3.8) is 0 Å². The van der Waals surface area contributed by atoms with Crippen LogP contribution in [0.1, 0.15) is 5.76 Å². The molecule has 0 unspecified atom stereocenters. The summed E-state index contributed by atoms with van der Waals surface area (Å²) in [7, 11) is 0. The molecule has 2 aromatic heterocycles. The van der Waals surface area contributed by atoms with Crippen molar-refractivity contribution in [1.82, 2.24) is 10.4 Å². The van der Waals surface area contributed by atoms with E-state index in [2.05, 4.69) is 15.5 Å². The summed E-state index contributed by atoms with van der Waals surface area (Å²) < 4.78 is 20.8. The van der Waals surface area contributed by atoms with Crippen LogP contribution < -0.4 is 5.43 Å². The SMILES string of the molecule is O=C(CSc1nc2ccccc2s1)N/N=C/c1ccc(-c2cccc(F)c2)o1. The van der Waals surface area contributed by atoms with Gasteiger partial charge in [-0.25, -0.2) is 14.8 Å². The summed E-state index contributed by atoms with van der Waals surface area (Å²) >= 11 is 2.92. The van der Waals surface area contributed by atoms with Crippen LogP contribution in [0.3, 0.4) is 0 Å². The summed E-state index contributed by atoms with van der Waals surface area (Å²) in [4.78, 5) is 16.4. The first-order chi connectivity index (χ1) is 13.7. The fourth-order valence-corrected chi connectivity index (χ4v) is 4.32. The molecule has 4 rings (SSSR count). The molecular formula is C20H14FN3O2S2. The molecule has 0 bridgehead atoms. The Balaban J connectivity index is 1.30.